The number of piperidine rings is 1. The van der Waals surface area contributed by atoms with E-state index in [9.17, 15) is 0 Å². The van der Waals surface area contributed by atoms with E-state index in [0.29, 0.717) is 47.0 Å². The molecular weight excluding hydrogens is 540 g/mol. The van der Waals surface area contributed by atoms with Crippen molar-refractivity contribution in [3.05, 3.63) is 61.3 Å². The molecule has 0 bridgehead atoms. The standard InChI is InChI=1S/C33H36N8O2/c1-39-12-5-6-20-17-40(19-29(20)39)28-15-30(42-2)26(14-25(28)34)37-33-36-16-23(32-35-11-13-43-32)31(38-33)24-18-41(21-9-10-21)27-8-4-3-7-22(24)27/h3-4,7-8,11,13-16,18,20-21,29H,5-6,9-10,12,17,19,34H2,1-2H3,(H,36,37,38)/t20-,29+/m1/s1. The summed E-state index contributed by atoms with van der Waals surface area (Å²) in [5, 5.41) is 4.53. The Hall–Kier alpha value is -4.57. The summed E-state index contributed by atoms with van der Waals surface area (Å²) >= 11 is 0. The summed E-state index contributed by atoms with van der Waals surface area (Å²) in [5.74, 6) is 2.28. The van der Waals surface area contributed by atoms with Gasteiger partial charge in [-0.1, -0.05) is 18.2 Å². The van der Waals surface area contributed by atoms with Crippen LogP contribution < -0.4 is 20.7 Å². The van der Waals surface area contributed by atoms with Crippen molar-refractivity contribution in [2.75, 3.05) is 49.7 Å². The number of likely N-dealkylation sites (tertiary alicyclic amines) is 1. The molecule has 1 saturated carbocycles. The first-order valence-corrected chi connectivity index (χ1v) is 15.1. The maximum atomic E-state index is 6.70. The van der Waals surface area contributed by atoms with Crippen LogP contribution in [0.4, 0.5) is 23.0 Å². The quantitative estimate of drug-likeness (QED) is 0.227. The molecule has 5 aromatic rings. The van der Waals surface area contributed by atoms with Gasteiger partial charge in [-0.15, -0.1) is 0 Å². The highest BCUT2D eigenvalue weighted by Gasteiger charge is 2.38. The molecule has 0 radical (unpaired) electrons. The zero-order chi connectivity index (χ0) is 29.1. The normalized spacial score (nSPS) is 20.5. The van der Waals surface area contributed by atoms with Gasteiger partial charge in [0.25, 0.3) is 0 Å². The Labute approximate surface area is 250 Å². The highest BCUT2D eigenvalue weighted by Crippen LogP contribution is 2.44. The number of nitrogens with one attached hydrogen (secondary N) is 1. The minimum atomic E-state index is 0.438. The van der Waals surface area contributed by atoms with Gasteiger partial charge in [0, 0.05) is 60.1 Å². The SMILES string of the molecule is COc1cc(N2C[C@H]3CCCN(C)[C@H]3C2)c(N)cc1Nc1ncc(-c2ncco2)c(-c2cn(C3CC3)c3ccccc23)n1. The van der Waals surface area contributed by atoms with Crippen LogP contribution in [0.3, 0.4) is 0 Å². The lowest BCUT2D eigenvalue weighted by Gasteiger charge is -2.33. The molecule has 5 heterocycles. The maximum absolute atomic E-state index is 6.70. The number of hydrogen-bond acceptors (Lipinski definition) is 9. The molecule has 3 N–H and O–H groups in total. The van der Waals surface area contributed by atoms with Gasteiger partial charge in [0.05, 0.1) is 41.6 Å². The molecule has 2 aliphatic heterocycles. The minimum absolute atomic E-state index is 0.438. The van der Waals surface area contributed by atoms with Crippen molar-refractivity contribution < 1.29 is 9.15 Å². The molecule has 43 heavy (non-hydrogen) atoms. The zero-order valence-corrected chi connectivity index (χ0v) is 24.5. The summed E-state index contributed by atoms with van der Waals surface area (Å²) in [7, 11) is 3.92. The molecule has 3 aliphatic rings. The molecule has 2 saturated heterocycles. The van der Waals surface area contributed by atoms with Gasteiger partial charge in [0.15, 0.2) is 0 Å². The smallest absolute Gasteiger partial charge is 0.229 e. The molecule has 10 nitrogen and oxygen atoms in total. The van der Waals surface area contributed by atoms with E-state index < -0.39 is 0 Å². The van der Waals surface area contributed by atoms with E-state index in [1.165, 1.54) is 31.2 Å². The molecule has 0 amide bonds. The van der Waals surface area contributed by atoms with Crippen LogP contribution in [-0.4, -0.2) is 64.3 Å². The van der Waals surface area contributed by atoms with E-state index in [1.807, 2.05) is 12.1 Å². The number of benzene rings is 2. The number of nitrogens with zero attached hydrogens (tertiary/aromatic N) is 6. The maximum Gasteiger partial charge on any atom is 0.229 e. The number of ether oxygens (including phenoxy) is 1. The van der Waals surface area contributed by atoms with Gasteiger partial charge in [0.1, 0.15) is 12.0 Å². The molecule has 10 heteroatoms. The van der Waals surface area contributed by atoms with E-state index >= 15 is 0 Å². The van der Waals surface area contributed by atoms with Crippen molar-refractivity contribution in [3.63, 3.8) is 0 Å². The van der Waals surface area contributed by atoms with Gasteiger partial charge < -0.3 is 34.6 Å². The predicted octanol–water partition coefficient (Wildman–Crippen LogP) is 5.95. The lowest BCUT2D eigenvalue weighted by atomic mass is 9.93. The number of fused-ring (bicyclic) bond motifs is 2. The Balaban J connectivity index is 1.16. The van der Waals surface area contributed by atoms with Crippen LogP contribution in [0.2, 0.25) is 0 Å². The molecule has 2 aromatic carbocycles. The Morgan fingerprint density at radius 1 is 1.07 bits per heavy atom. The third-order valence-electron chi connectivity index (χ3n) is 9.38. The Morgan fingerprint density at radius 2 is 1.95 bits per heavy atom. The molecule has 8 rings (SSSR count). The van der Waals surface area contributed by atoms with Crippen molar-refractivity contribution in [1.82, 2.24) is 24.4 Å². The minimum Gasteiger partial charge on any atom is -0.494 e. The number of nitrogens with two attached hydrogens (primary N) is 1. The van der Waals surface area contributed by atoms with E-state index in [-0.39, 0.29) is 0 Å². The van der Waals surface area contributed by atoms with E-state index in [4.69, 9.17) is 19.9 Å². The summed E-state index contributed by atoms with van der Waals surface area (Å²) in [5.41, 5.74) is 12.8. The largest absolute Gasteiger partial charge is 0.494 e. The first-order valence-electron chi connectivity index (χ1n) is 15.1. The molecule has 0 spiro atoms. The number of oxazole rings is 1. The zero-order valence-electron chi connectivity index (χ0n) is 24.5. The van der Waals surface area contributed by atoms with Crippen molar-refractivity contribution in [2.45, 2.75) is 37.8 Å². The van der Waals surface area contributed by atoms with Crippen LogP contribution in [0.15, 0.2) is 65.7 Å². The fraction of sp³-hybridized carbons (Fsp3) is 0.364. The number of nitrogen functional groups attached to an aromatic ring is 1. The van der Waals surface area contributed by atoms with Crippen molar-refractivity contribution in [1.29, 1.82) is 0 Å². The number of rotatable bonds is 7. The second-order valence-corrected chi connectivity index (χ2v) is 12.1. The van der Waals surface area contributed by atoms with Crippen LogP contribution >= 0.6 is 0 Å². The molecule has 3 fully saturated rings. The van der Waals surface area contributed by atoms with E-state index in [2.05, 4.69) is 67.2 Å². The van der Waals surface area contributed by atoms with Crippen LogP contribution in [0.25, 0.3) is 33.6 Å². The topological polar surface area (TPSA) is 111 Å². The Bertz CT molecular complexity index is 1790. The van der Waals surface area contributed by atoms with E-state index in [0.717, 1.165) is 47.5 Å². The van der Waals surface area contributed by atoms with Crippen LogP contribution in [0.5, 0.6) is 5.75 Å². The first-order chi connectivity index (χ1) is 21.1. The lowest BCUT2D eigenvalue weighted by molar-refractivity contribution is 0.158. The molecular formula is C33H36N8O2. The summed E-state index contributed by atoms with van der Waals surface area (Å²) in [4.78, 5) is 19.1. The van der Waals surface area contributed by atoms with Gasteiger partial charge in [-0.05, 0) is 57.3 Å². The molecule has 2 atom stereocenters. The van der Waals surface area contributed by atoms with Gasteiger partial charge in [-0.3, -0.25) is 0 Å². The predicted molar refractivity (Wildman–Crippen MR) is 169 cm³/mol. The molecule has 0 unspecified atom stereocenters. The average molecular weight is 577 g/mol. The second-order valence-electron chi connectivity index (χ2n) is 12.1. The number of aromatic nitrogens is 4. The third kappa shape index (κ3) is 4.57. The first kappa shape index (κ1) is 26.1. The fourth-order valence-electron chi connectivity index (χ4n) is 7.06. The molecule has 3 aromatic heterocycles. The number of methoxy groups -OCH3 is 1. The van der Waals surface area contributed by atoms with Crippen LogP contribution in [0.1, 0.15) is 31.7 Å². The number of hydrogen-bond donors (Lipinski definition) is 2. The number of likely N-dealkylation sites (N-methyl/N-ethyl adjacent to an activating group) is 1. The highest BCUT2D eigenvalue weighted by molar-refractivity contribution is 5.98. The van der Waals surface area contributed by atoms with Gasteiger partial charge in [-0.25, -0.2) is 15.0 Å². The number of para-hydroxylation sites is 1. The molecule has 220 valence electrons. The van der Waals surface area contributed by atoms with Gasteiger partial charge in [-0.2, -0.15) is 0 Å². The summed E-state index contributed by atoms with van der Waals surface area (Å²) in [6.07, 6.45) is 12.1. The van der Waals surface area contributed by atoms with E-state index in [1.54, 1.807) is 25.8 Å². The van der Waals surface area contributed by atoms with Gasteiger partial charge >= 0.3 is 0 Å². The summed E-state index contributed by atoms with van der Waals surface area (Å²) in [6, 6.07) is 13.5. The second kappa shape index (κ2) is 10.3. The Morgan fingerprint density at radius 3 is 2.74 bits per heavy atom. The van der Waals surface area contributed by atoms with Crippen molar-refractivity contribution in [2.24, 2.45) is 5.92 Å². The van der Waals surface area contributed by atoms with Crippen LogP contribution in [-0.2, 0) is 0 Å². The number of anilines is 4. The van der Waals surface area contributed by atoms with Gasteiger partial charge in [0.2, 0.25) is 11.8 Å². The van der Waals surface area contributed by atoms with Crippen LogP contribution in [0, 0.1) is 5.92 Å². The molecule has 1 aliphatic carbocycles. The third-order valence-corrected chi connectivity index (χ3v) is 9.38. The monoisotopic (exact) mass is 576 g/mol. The lowest BCUT2D eigenvalue weighted by Crippen LogP contribution is -2.42. The fourth-order valence-corrected chi connectivity index (χ4v) is 7.06. The summed E-state index contributed by atoms with van der Waals surface area (Å²) < 4.78 is 13.9. The average Bonchev–Trinajstić information content (AvgIpc) is 3.39. The highest BCUT2D eigenvalue weighted by atomic mass is 16.5. The Kier molecular flexibility index (Phi) is 6.25. The summed E-state index contributed by atoms with van der Waals surface area (Å²) in [6.45, 7) is 3.15. The van der Waals surface area contributed by atoms with Crippen molar-refractivity contribution in [3.8, 4) is 28.5 Å². The van der Waals surface area contributed by atoms with Crippen molar-refractivity contribution >= 4 is 33.9 Å².